The first-order valence-corrected chi connectivity index (χ1v) is 13.0. The van der Waals surface area contributed by atoms with Gasteiger partial charge in [-0.05, 0) is 81.6 Å². The summed E-state index contributed by atoms with van der Waals surface area (Å²) in [7, 11) is -2.30. The van der Waals surface area contributed by atoms with Gasteiger partial charge in [-0.1, -0.05) is 12.1 Å². The Bertz CT molecular complexity index is 1390. The fourth-order valence-electron chi connectivity index (χ4n) is 3.90. The van der Waals surface area contributed by atoms with Gasteiger partial charge in [0.1, 0.15) is 12.3 Å². The highest BCUT2D eigenvalue weighted by molar-refractivity contribution is 7.92. The Kier molecular flexibility index (Phi) is 7.70. The van der Waals surface area contributed by atoms with Crippen LogP contribution in [0, 0.1) is 34.6 Å². The van der Waals surface area contributed by atoms with Crippen LogP contribution in [0.4, 0.5) is 5.69 Å². The number of hydrogen-bond donors (Lipinski definition) is 1. The molecule has 0 aliphatic rings. The molecule has 0 unspecified atom stereocenters. The van der Waals surface area contributed by atoms with E-state index in [-0.39, 0.29) is 0 Å². The normalized spacial score (nSPS) is 11.6. The second kappa shape index (κ2) is 10.4. The van der Waals surface area contributed by atoms with Gasteiger partial charge < -0.3 is 9.30 Å². The van der Waals surface area contributed by atoms with Crippen LogP contribution in [-0.2, 0) is 14.8 Å². The van der Waals surface area contributed by atoms with E-state index in [4.69, 9.17) is 4.74 Å². The van der Waals surface area contributed by atoms with Crippen molar-refractivity contribution >= 4 is 27.8 Å². The molecule has 1 heterocycles. The van der Waals surface area contributed by atoms with Gasteiger partial charge in [-0.2, -0.15) is 5.10 Å². The number of hydrogen-bond acceptors (Lipinski definition) is 5. The molecule has 0 aliphatic heterocycles. The Morgan fingerprint density at radius 3 is 2.40 bits per heavy atom. The van der Waals surface area contributed by atoms with Crippen LogP contribution in [0.5, 0.6) is 5.75 Å². The van der Waals surface area contributed by atoms with Crippen LogP contribution < -0.4 is 14.5 Å². The van der Waals surface area contributed by atoms with Crippen LogP contribution in [0.25, 0.3) is 5.69 Å². The maximum Gasteiger partial charge on any atom is 0.260 e. The number of sulfonamides is 1. The number of aromatic nitrogens is 1. The third kappa shape index (κ3) is 5.92. The van der Waals surface area contributed by atoms with Gasteiger partial charge in [0, 0.05) is 22.6 Å². The van der Waals surface area contributed by atoms with Crippen LogP contribution in [0.3, 0.4) is 0 Å². The summed E-state index contributed by atoms with van der Waals surface area (Å²) < 4.78 is 33.4. The van der Waals surface area contributed by atoms with Gasteiger partial charge in [0.15, 0.2) is 0 Å². The van der Waals surface area contributed by atoms with E-state index in [1.54, 1.807) is 18.3 Å². The Hall–Kier alpha value is -3.59. The van der Waals surface area contributed by atoms with E-state index in [1.807, 2.05) is 32.9 Å². The molecule has 8 nitrogen and oxygen atoms in total. The number of carbonyl (C=O) groups is 1. The van der Waals surface area contributed by atoms with E-state index in [2.05, 4.69) is 47.1 Å². The number of rotatable bonds is 8. The minimum atomic E-state index is -3.75. The number of nitrogens with zero attached hydrogens (tertiary/aromatic N) is 3. The Balaban J connectivity index is 1.79. The lowest BCUT2D eigenvalue weighted by atomic mass is 10.1. The van der Waals surface area contributed by atoms with E-state index in [0.717, 1.165) is 38.8 Å². The molecule has 0 spiro atoms. The molecule has 1 N–H and O–H groups in total. The first kappa shape index (κ1) is 26.0. The molecule has 0 bridgehead atoms. The van der Waals surface area contributed by atoms with E-state index in [1.165, 1.54) is 18.2 Å². The number of hydrazone groups is 1. The Labute approximate surface area is 207 Å². The van der Waals surface area contributed by atoms with Gasteiger partial charge in [-0.25, -0.2) is 13.8 Å². The third-order valence-corrected chi connectivity index (χ3v) is 7.03. The van der Waals surface area contributed by atoms with Crippen LogP contribution in [-0.4, -0.2) is 45.0 Å². The molecule has 0 saturated carbocycles. The number of methoxy groups -OCH3 is 1. The predicted octanol–water partition coefficient (Wildman–Crippen LogP) is 3.94. The van der Waals surface area contributed by atoms with Crippen molar-refractivity contribution in [3.8, 4) is 11.4 Å². The van der Waals surface area contributed by atoms with Gasteiger partial charge in [0.05, 0.1) is 25.3 Å². The van der Waals surface area contributed by atoms with Crippen molar-refractivity contribution in [3.05, 3.63) is 76.1 Å². The van der Waals surface area contributed by atoms with Crippen LogP contribution in [0.1, 0.15) is 33.6 Å². The molecule has 1 amide bonds. The lowest BCUT2D eigenvalue weighted by Gasteiger charge is -2.23. The van der Waals surface area contributed by atoms with Crippen molar-refractivity contribution in [1.29, 1.82) is 0 Å². The minimum Gasteiger partial charge on any atom is -0.495 e. The monoisotopic (exact) mass is 496 g/mol. The lowest BCUT2D eigenvalue weighted by molar-refractivity contribution is -0.119. The Morgan fingerprint density at radius 1 is 1.06 bits per heavy atom. The molecule has 0 atom stereocenters. The molecule has 0 fully saturated rings. The molecule has 9 heteroatoms. The minimum absolute atomic E-state index is 0.297. The third-order valence-electron chi connectivity index (χ3n) is 5.90. The Morgan fingerprint density at radius 2 is 1.77 bits per heavy atom. The molecule has 2 aromatic carbocycles. The number of aryl methyl sites for hydroxylation is 4. The molecule has 0 radical (unpaired) electrons. The predicted molar refractivity (Wildman–Crippen MR) is 140 cm³/mol. The van der Waals surface area contributed by atoms with Crippen LogP contribution in [0.2, 0.25) is 0 Å². The fraction of sp³-hybridized carbons (Fsp3) is 0.308. The maximum absolute atomic E-state index is 12.6. The zero-order valence-corrected chi connectivity index (χ0v) is 22.0. The van der Waals surface area contributed by atoms with Gasteiger partial charge in [-0.15, -0.1) is 0 Å². The lowest BCUT2D eigenvalue weighted by Crippen LogP contribution is -2.39. The number of ether oxygens (including phenoxy) is 1. The van der Waals surface area contributed by atoms with Crippen molar-refractivity contribution in [1.82, 2.24) is 9.99 Å². The smallest absolute Gasteiger partial charge is 0.260 e. The zero-order chi connectivity index (χ0) is 25.9. The summed E-state index contributed by atoms with van der Waals surface area (Å²) in [5.74, 6) is -0.214. The van der Waals surface area contributed by atoms with E-state index < -0.39 is 22.5 Å². The average Bonchev–Trinajstić information content (AvgIpc) is 3.06. The summed E-state index contributed by atoms with van der Waals surface area (Å²) in [6, 6.07) is 13.4. The van der Waals surface area contributed by atoms with E-state index >= 15 is 0 Å². The summed E-state index contributed by atoms with van der Waals surface area (Å²) in [6.45, 7) is 9.56. The molecular weight excluding hydrogens is 464 g/mol. The fourth-order valence-corrected chi connectivity index (χ4v) is 4.75. The first-order chi connectivity index (χ1) is 16.4. The van der Waals surface area contributed by atoms with E-state index in [0.29, 0.717) is 11.4 Å². The van der Waals surface area contributed by atoms with Gasteiger partial charge in [0.2, 0.25) is 10.0 Å². The number of benzene rings is 2. The molecule has 186 valence electrons. The highest BCUT2D eigenvalue weighted by Crippen LogP contribution is 2.30. The van der Waals surface area contributed by atoms with E-state index in [9.17, 15) is 13.2 Å². The topological polar surface area (TPSA) is 93.0 Å². The quantitative estimate of drug-likeness (QED) is 0.378. The highest BCUT2D eigenvalue weighted by Gasteiger charge is 2.24. The number of amides is 1. The second-order valence-corrected chi connectivity index (χ2v) is 10.6. The number of nitrogens with one attached hydrogen (secondary N) is 1. The molecule has 3 rings (SSSR count). The van der Waals surface area contributed by atoms with Crippen molar-refractivity contribution in [2.75, 3.05) is 24.2 Å². The summed E-state index contributed by atoms with van der Waals surface area (Å²) in [5.41, 5.74) is 9.93. The summed E-state index contributed by atoms with van der Waals surface area (Å²) >= 11 is 0. The molecular formula is C26H32N4O4S. The van der Waals surface area contributed by atoms with Crippen molar-refractivity contribution in [3.63, 3.8) is 0 Å². The highest BCUT2D eigenvalue weighted by atomic mass is 32.2. The van der Waals surface area contributed by atoms with Crippen LogP contribution >= 0.6 is 0 Å². The van der Waals surface area contributed by atoms with Gasteiger partial charge in [-0.3, -0.25) is 9.10 Å². The van der Waals surface area contributed by atoms with Crippen molar-refractivity contribution < 1.29 is 17.9 Å². The first-order valence-electron chi connectivity index (χ1n) is 11.1. The molecule has 0 saturated heterocycles. The largest absolute Gasteiger partial charge is 0.495 e. The molecule has 0 aliphatic carbocycles. The van der Waals surface area contributed by atoms with Crippen molar-refractivity contribution in [2.24, 2.45) is 5.10 Å². The summed E-state index contributed by atoms with van der Waals surface area (Å²) in [4.78, 5) is 12.6. The molecule has 3 aromatic rings. The zero-order valence-electron chi connectivity index (χ0n) is 21.2. The van der Waals surface area contributed by atoms with Gasteiger partial charge in [0.25, 0.3) is 5.91 Å². The number of anilines is 1. The maximum atomic E-state index is 12.6. The average molecular weight is 497 g/mol. The number of carbonyl (C=O) groups excluding carboxylic acids is 1. The summed E-state index contributed by atoms with van der Waals surface area (Å²) in [6.07, 6.45) is 2.61. The molecule has 35 heavy (non-hydrogen) atoms. The SMILES string of the molecule is COc1ccc(C)cc1N(CC(=O)N/N=C\c1cc(C)n(-c2ccc(C)c(C)c2)c1C)S(C)(=O)=O. The second-order valence-electron chi connectivity index (χ2n) is 8.67. The van der Waals surface area contributed by atoms with Crippen molar-refractivity contribution in [2.45, 2.75) is 34.6 Å². The summed E-state index contributed by atoms with van der Waals surface area (Å²) in [5, 5.41) is 4.08. The van der Waals surface area contributed by atoms with Gasteiger partial charge >= 0.3 is 0 Å². The van der Waals surface area contributed by atoms with Crippen LogP contribution in [0.15, 0.2) is 47.6 Å². The standard InChI is InChI=1S/C26H32N4O4S/c1-17-8-11-25(34-6)24(12-17)29(35(7,32)33)16-26(31)28-27-15-22-14-20(4)30(21(22)5)23-10-9-18(2)19(3)13-23/h8-15H,16H2,1-7H3,(H,28,31)/b27-15-. The molecule has 1 aromatic heterocycles.